The molecule has 0 aromatic heterocycles. The van der Waals surface area contributed by atoms with Crippen LogP contribution in [0.15, 0.2) is 48.1 Å². The fraction of sp³-hybridized carbons (Fsp3) is 0.588. The summed E-state index contributed by atoms with van der Waals surface area (Å²) in [5.74, 6) is -2.26. The van der Waals surface area contributed by atoms with E-state index in [1.54, 1.807) is 9.80 Å². The highest BCUT2D eigenvalue weighted by Crippen LogP contribution is 2.63. The van der Waals surface area contributed by atoms with Crippen molar-refractivity contribution in [1.29, 1.82) is 0 Å². The van der Waals surface area contributed by atoms with E-state index in [0.29, 0.717) is 6.42 Å². The smallest absolute Gasteiger partial charge is 0.234 e. The summed E-state index contributed by atoms with van der Waals surface area (Å²) in [5, 5.41) is 0. The van der Waals surface area contributed by atoms with Crippen molar-refractivity contribution in [3.63, 3.8) is 0 Å². The average Bonchev–Trinajstić information content (AvgIpc) is 3.43. The Hall–Kier alpha value is -3.02. The summed E-state index contributed by atoms with van der Waals surface area (Å²) in [6.07, 6.45) is 15.0. The number of carbonyl (C=O) groups excluding carboxylic acids is 4. The third-order valence-electron chi connectivity index (χ3n) is 11.6. The molecule has 7 atom stereocenters. The molecule has 8 aliphatic rings. The van der Waals surface area contributed by atoms with Crippen LogP contribution in [0.5, 0.6) is 0 Å². The van der Waals surface area contributed by atoms with Gasteiger partial charge >= 0.3 is 0 Å². The number of allylic oxidation sites excluding steroid dienone is 4. The number of benzene rings is 1. The Morgan fingerprint density at radius 3 is 1.80 bits per heavy atom. The van der Waals surface area contributed by atoms with E-state index in [9.17, 15) is 19.2 Å². The van der Waals surface area contributed by atoms with Gasteiger partial charge in [0.15, 0.2) is 0 Å². The highest BCUT2D eigenvalue weighted by atomic mass is 16.2. The first-order valence-corrected chi connectivity index (χ1v) is 15.8. The van der Waals surface area contributed by atoms with Gasteiger partial charge in [0.25, 0.3) is 0 Å². The molecular weight excluding hydrogens is 500 g/mol. The summed E-state index contributed by atoms with van der Waals surface area (Å²) >= 11 is 0. The number of rotatable bonds is 3. The third-order valence-corrected chi connectivity index (χ3v) is 11.6. The van der Waals surface area contributed by atoms with E-state index in [-0.39, 0.29) is 65.3 Å². The van der Waals surface area contributed by atoms with Crippen molar-refractivity contribution >= 4 is 29.2 Å². The minimum absolute atomic E-state index is 0.000563. The van der Waals surface area contributed by atoms with Crippen LogP contribution in [-0.2, 0) is 19.2 Å². The van der Waals surface area contributed by atoms with Gasteiger partial charge in [-0.05, 0) is 49.2 Å². The maximum Gasteiger partial charge on any atom is 0.234 e. The fourth-order valence-electron chi connectivity index (χ4n) is 9.96. The van der Waals surface area contributed by atoms with E-state index in [0.717, 1.165) is 68.9 Å². The summed E-state index contributed by atoms with van der Waals surface area (Å²) in [5.41, 5.74) is 3.38. The van der Waals surface area contributed by atoms with Gasteiger partial charge in [-0.3, -0.25) is 29.0 Å². The van der Waals surface area contributed by atoms with Crippen molar-refractivity contribution < 1.29 is 19.2 Å². The van der Waals surface area contributed by atoms with Crippen LogP contribution >= 0.6 is 0 Å². The summed E-state index contributed by atoms with van der Waals surface area (Å²) in [4.78, 5) is 59.8. The number of fused-ring (bicyclic) bond motifs is 1. The summed E-state index contributed by atoms with van der Waals surface area (Å²) in [7, 11) is 0. The fourth-order valence-corrected chi connectivity index (χ4v) is 9.96. The van der Waals surface area contributed by atoms with E-state index in [4.69, 9.17) is 0 Å². The van der Waals surface area contributed by atoms with Crippen LogP contribution in [-0.4, -0.2) is 45.5 Å². The van der Waals surface area contributed by atoms with Gasteiger partial charge in [0.05, 0.1) is 23.7 Å². The lowest BCUT2D eigenvalue weighted by molar-refractivity contribution is -0.145. The quantitative estimate of drug-likeness (QED) is 0.394. The molecule has 5 fully saturated rings. The molecule has 2 aliphatic heterocycles. The van der Waals surface area contributed by atoms with E-state index in [2.05, 4.69) is 24.3 Å². The molecule has 40 heavy (non-hydrogen) atoms. The normalized spacial score (nSPS) is 37.9. The van der Waals surface area contributed by atoms with Crippen LogP contribution in [0.25, 0.3) is 5.57 Å². The zero-order valence-corrected chi connectivity index (χ0v) is 23.0. The SMILES string of the molecule is O=C1[C@@H]2[C@H]3C=C[C@@H](C4=C(c5ccccc5)C[C@H]5C(=O)N(C6CCCCC6)C(=O)[C@@H]5[C@H]43)[C@H]2C(=O)N1C1CCCCC1. The molecule has 2 heterocycles. The third kappa shape index (κ3) is 3.34. The highest BCUT2D eigenvalue weighted by molar-refractivity contribution is 6.09. The summed E-state index contributed by atoms with van der Waals surface area (Å²) in [6, 6.07) is 10.2. The number of imide groups is 2. The Kier molecular flexibility index (Phi) is 5.72. The molecule has 6 aliphatic carbocycles. The molecule has 6 heteroatoms. The first-order chi connectivity index (χ1) is 19.6. The molecule has 1 aromatic rings. The lowest BCUT2D eigenvalue weighted by atomic mass is 9.49. The van der Waals surface area contributed by atoms with Crippen LogP contribution in [0.1, 0.15) is 76.2 Å². The molecule has 0 radical (unpaired) electrons. The first-order valence-electron chi connectivity index (χ1n) is 15.8. The van der Waals surface area contributed by atoms with Gasteiger partial charge in [-0.15, -0.1) is 0 Å². The summed E-state index contributed by atoms with van der Waals surface area (Å²) < 4.78 is 0. The molecular formula is C34H38N2O4. The van der Waals surface area contributed by atoms with Gasteiger partial charge < -0.3 is 0 Å². The van der Waals surface area contributed by atoms with Crippen molar-refractivity contribution in [2.45, 2.75) is 82.7 Å². The standard InChI is InChI=1S/C34H38N2O4/c37-31-25-18-24(19-10-4-1-5-11-19)26-22-16-17-23(27(26)30(25)34(40)35(31)20-12-6-2-7-13-20)29-28(22)32(38)36(33(29)39)21-14-8-3-9-15-21/h1,4-5,10-11,16-17,20-23,25,27-30H,2-3,6-9,12-15,18H2/t22-,23-,25+,27-,28+,29+,30-/m0/s1. The molecule has 2 saturated heterocycles. The zero-order chi connectivity index (χ0) is 27.1. The lowest BCUT2D eigenvalue weighted by Crippen LogP contribution is -2.51. The molecule has 9 rings (SSSR count). The molecule has 3 saturated carbocycles. The number of carbonyl (C=O) groups is 4. The Balaban J connectivity index is 1.24. The number of likely N-dealkylation sites (tertiary alicyclic amines) is 2. The number of hydrogen-bond acceptors (Lipinski definition) is 4. The monoisotopic (exact) mass is 538 g/mol. The molecule has 0 N–H and O–H groups in total. The summed E-state index contributed by atoms with van der Waals surface area (Å²) in [6.45, 7) is 0. The van der Waals surface area contributed by atoms with Crippen molar-refractivity contribution in [2.75, 3.05) is 0 Å². The van der Waals surface area contributed by atoms with E-state index in [1.807, 2.05) is 18.2 Å². The Labute approximate surface area is 235 Å². The largest absolute Gasteiger partial charge is 0.279 e. The maximum atomic E-state index is 14.3. The van der Waals surface area contributed by atoms with E-state index in [1.165, 1.54) is 12.0 Å². The molecule has 1 aromatic carbocycles. The second-order valence-electron chi connectivity index (χ2n) is 13.4. The lowest BCUT2D eigenvalue weighted by Gasteiger charge is -2.51. The minimum atomic E-state index is -0.429. The zero-order valence-electron chi connectivity index (χ0n) is 23.0. The van der Waals surface area contributed by atoms with Gasteiger partial charge in [-0.25, -0.2) is 0 Å². The second kappa shape index (κ2) is 9.25. The van der Waals surface area contributed by atoms with Gasteiger partial charge in [-0.2, -0.15) is 0 Å². The van der Waals surface area contributed by atoms with Crippen LogP contribution < -0.4 is 0 Å². The predicted molar refractivity (Wildman–Crippen MR) is 149 cm³/mol. The first kappa shape index (κ1) is 24.8. The molecule has 0 unspecified atom stereocenters. The predicted octanol–water partition coefficient (Wildman–Crippen LogP) is 5.14. The Morgan fingerprint density at radius 1 is 0.575 bits per heavy atom. The topological polar surface area (TPSA) is 74.8 Å². The van der Waals surface area contributed by atoms with Crippen molar-refractivity contribution in [3.05, 3.63) is 53.6 Å². The number of nitrogens with zero attached hydrogens (tertiary/aromatic N) is 2. The van der Waals surface area contributed by atoms with E-state index >= 15 is 0 Å². The number of hydrogen-bond donors (Lipinski definition) is 0. The van der Waals surface area contributed by atoms with Gasteiger partial charge in [0.2, 0.25) is 23.6 Å². The van der Waals surface area contributed by atoms with Crippen molar-refractivity contribution in [1.82, 2.24) is 9.80 Å². The van der Waals surface area contributed by atoms with E-state index < -0.39 is 11.8 Å². The number of amides is 4. The van der Waals surface area contributed by atoms with Crippen LogP contribution in [0, 0.1) is 41.4 Å². The minimum Gasteiger partial charge on any atom is -0.279 e. The van der Waals surface area contributed by atoms with Gasteiger partial charge in [0.1, 0.15) is 0 Å². The molecule has 4 amide bonds. The average molecular weight is 539 g/mol. The van der Waals surface area contributed by atoms with Gasteiger partial charge in [0, 0.05) is 23.9 Å². The molecule has 6 nitrogen and oxygen atoms in total. The van der Waals surface area contributed by atoms with Crippen LogP contribution in [0.4, 0.5) is 0 Å². The Morgan fingerprint density at radius 2 is 1.15 bits per heavy atom. The maximum absolute atomic E-state index is 14.3. The van der Waals surface area contributed by atoms with Crippen LogP contribution in [0.2, 0.25) is 0 Å². The second-order valence-corrected chi connectivity index (χ2v) is 13.4. The van der Waals surface area contributed by atoms with Crippen molar-refractivity contribution in [2.24, 2.45) is 41.4 Å². The highest BCUT2D eigenvalue weighted by Gasteiger charge is 2.67. The van der Waals surface area contributed by atoms with Crippen LogP contribution in [0.3, 0.4) is 0 Å². The van der Waals surface area contributed by atoms with Crippen molar-refractivity contribution in [3.8, 4) is 0 Å². The molecule has 208 valence electrons. The Bertz CT molecular complexity index is 1330. The molecule has 0 spiro atoms. The van der Waals surface area contributed by atoms with Gasteiger partial charge in [-0.1, -0.05) is 86.6 Å². The molecule has 2 bridgehead atoms.